The Labute approximate surface area is 128 Å². The van der Waals surface area contributed by atoms with Crippen molar-refractivity contribution in [2.75, 3.05) is 13.2 Å². The van der Waals surface area contributed by atoms with Crippen LogP contribution in [0.5, 0.6) is 11.5 Å². The van der Waals surface area contributed by atoms with Gasteiger partial charge in [0.15, 0.2) is 0 Å². The number of ether oxygens (including phenoxy) is 2. The van der Waals surface area contributed by atoms with Gasteiger partial charge in [0, 0.05) is 0 Å². The monoisotopic (exact) mass is 301 g/mol. The van der Waals surface area contributed by atoms with E-state index < -0.39 is 6.10 Å². The minimum Gasteiger partial charge on any atom is -0.491 e. The van der Waals surface area contributed by atoms with E-state index in [0.717, 1.165) is 0 Å². The molecule has 4 nitrogen and oxygen atoms in total. The zero-order valence-corrected chi connectivity index (χ0v) is 12.1. The van der Waals surface area contributed by atoms with Crippen molar-refractivity contribution < 1.29 is 19.0 Å². The van der Waals surface area contributed by atoms with Crippen LogP contribution < -0.4 is 9.47 Å². The van der Waals surface area contributed by atoms with Crippen LogP contribution in [-0.2, 0) is 0 Å². The van der Waals surface area contributed by atoms with E-state index in [2.05, 4.69) is 0 Å². The number of nitriles is 1. The van der Waals surface area contributed by atoms with E-state index in [1.807, 2.05) is 6.07 Å². The lowest BCUT2D eigenvalue weighted by molar-refractivity contribution is 0.0626. The van der Waals surface area contributed by atoms with E-state index in [4.69, 9.17) is 14.7 Å². The molecule has 5 heteroatoms. The summed E-state index contributed by atoms with van der Waals surface area (Å²) in [5.41, 5.74) is 1.03. The topological polar surface area (TPSA) is 62.5 Å². The van der Waals surface area contributed by atoms with Crippen molar-refractivity contribution in [1.82, 2.24) is 0 Å². The molecule has 0 aliphatic rings. The van der Waals surface area contributed by atoms with E-state index >= 15 is 0 Å². The maximum Gasteiger partial charge on any atom is 0.126 e. The predicted molar refractivity (Wildman–Crippen MR) is 79.3 cm³/mol. The lowest BCUT2D eigenvalue weighted by atomic mass is 10.2. The second kappa shape index (κ2) is 7.43. The number of hydrogen-bond acceptors (Lipinski definition) is 4. The molecular formula is C17H16FNO3. The van der Waals surface area contributed by atoms with Crippen LogP contribution in [0, 0.1) is 24.1 Å². The molecule has 0 spiro atoms. The number of hydrogen-bond donors (Lipinski definition) is 1. The van der Waals surface area contributed by atoms with Gasteiger partial charge in [0.25, 0.3) is 0 Å². The van der Waals surface area contributed by atoms with Crippen LogP contribution >= 0.6 is 0 Å². The zero-order valence-electron chi connectivity index (χ0n) is 12.1. The summed E-state index contributed by atoms with van der Waals surface area (Å²) in [6.07, 6.45) is -0.819. The van der Waals surface area contributed by atoms with Gasteiger partial charge in [-0.3, -0.25) is 0 Å². The lowest BCUT2D eigenvalue weighted by Crippen LogP contribution is -2.25. The number of aliphatic hydroxyl groups excluding tert-OH is 1. The molecule has 0 saturated carbocycles. The van der Waals surface area contributed by atoms with E-state index in [-0.39, 0.29) is 19.0 Å². The molecule has 1 N–H and O–H groups in total. The fraction of sp³-hybridized carbons (Fsp3) is 0.235. The smallest absolute Gasteiger partial charge is 0.126 e. The predicted octanol–water partition coefficient (Wildman–Crippen LogP) is 2.82. The summed E-state index contributed by atoms with van der Waals surface area (Å²) in [4.78, 5) is 0. The quantitative estimate of drug-likeness (QED) is 0.891. The van der Waals surface area contributed by atoms with Gasteiger partial charge in [-0.1, -0.05) is 0 Å². The first-order chi connectivity index (χ1) is 10.6. The highest BCUT2D eigenvalue weighted by Crippen LogP contribution is 2.16. The third-order valence-corrected chi connectivity index (χ3v) is 3.00. The third-order valence-electron chi connectivity index (χ3n) is 3.00. The molecule has 0 bridgehead atoms. The number of benzene rings is 2. The van der Waals surface area contributed by atoms with Gasteiger partial charge in [-0.2, -0.15) is 5.26 Å². The number of aryl methyl sites for hydroxylation is 1. The Kier molecular flexibility index (Phi) is 5.34. The first kappa shape index (κ1) is 15.8. The van der Waals surface area contributed by atoms with Gasteiger partial charge >= 0.3 is 0 Å². The Morgan fingerprint density at radius 3 is 2.27 bits per heavy atom. The SMILES string of the molecule is Cc1cc(OCC(O)COc2ccc(C#N)cc2)ccc1F. The van der Waals surface area contributed by atoms with Crippen LogP contribution in [0.2, 0.25) is 0 Å². The second-order valence-electron chi connectivity index (χ2n) is 4.82. The number of halogens is 1. The molecule has 0 aliphatic carbocycles. The van der Waals surface area contributed by atoms with Crippen LogP contribution in [0.3, 0.4) is 0 Å². The molecule has 0 aliphatic heterocycles. The fourth-order valence-corrected chi connectivity index (χ4v) is 1.77. The lowest BCUT2D eigenvalue weighted by Gasteiger charge is -2.14. The van der Waals surface area contributed by atoms with Gasteiger partial charge in [-0.15, -0.1) is 0 Å². The number of rotatable bonds is 6. The average molecular weight is 301 g/mol. The number of nitrogens with zero attached hydrogens (tertiary/aromatic N) is 1. The Morgan fingerprint density at radius 2 is 1.68 bits per heavy atom. The summed E-state index contributed by atoms with van der Waals surface area (Å²) in [5.74, 6) is 0.768. The molecule has 1 unspecified atom stereocenters. The van der Waals surface area contributed by atoms with Crippen LogP contribution in [0.15, 0.2) is 42.5 Å². The third kappa shape index (κ3) is 4.47. The van der Waals surface area contributed by atoms with Crippen molar-refractivity contribution in [1.29, 1.82) is 5.26 Å². The summed E-state index contributed by atoms with van der Waals surface area (Å²) in [6, 6.07) is 13.0. The molecular weight excluding hydrogens is 285 g/mol. The van der Waals surface area contributed by atoms with Crippen LogP contribution in [0.25, 0.3) is 0 Å². The molecule has 114 valence electrons. The minimum atomic E-state index is -0.819. The van der Waals surface area contributed by atoms with Gasteiger partial charge in [-0.25, -0.2) is 4.39 Å². The standard InChI is InChI=1S/C17H16FNO3/c1-12-8-16(6-7-17(12)18)22-11-14(20)10-21-15-4-2-13(9-19)3-5-15/h2-8,14,20H,10-11H2,1H3. The van der Waals surface area contributed by atoms with Crippen molar-refractivity contribution in [3.63, 3.8) is 0 Å². The van der Waals surface area contributed by atoms with E-state index in [1.165, 1.54) is 12.1 Å². The Morgan fingerprint density at radius 1 is 1.09 bits per heavy atom. The molecule has 2 aromatic rings. The molecule has 0 aromatic heterocycles. The summed E-state index contributed by atoms with van der Waals surface area (Å²) in [6.45, 7) is 1.75. The summed E-state index contributed by atoms with van der Waals surface area (Å²) < 4.78 is 23.9. The molecule has 0 amide bonds. The molecule has 0 fully saturated rings. The van der Waals surface area contributed by atoms with Gasteiger partial charge < -0.3 is 14.6 Å². The summed E-state index contributed by atoms with van der Waals surface area (Å²) >= 11 is 0. The van der Waals surface area contributed by atoms with Crippen molar-refractivity contribution in [3.8, 4) is 17.6 Å². The van der Waals surface area contributed by atoms with Gasteiger partial charge in [0.1, 0.15) is 36.6 Å². The van der Waals surface area contributed by atoms with Crippen molar-refractivity contribution >= 4 is 0 Å². The van der Waals surface area contributed by atoms with Crippen molar-refractivity contribution in [2.45, 2.75) is 13.0 Å². The molecule has 0 heterocycles. The normalized spacial score (nSPS) is 11.5. The van der Waals surface area contributed by atoms with Gasteiger partial charge in [0.05, 0.1) is 11.6 Å². The second-order valence-corrected chi connectivity index (χ2v) is 4.82. The molecule has 0 saturated heterocycles. The fourth-order valence-electron chi connectivity index (χ4n) is 1.77. The largest absolute Gasteiger partial charge is 0.491 e. The Hall–Kier alpha value is -2.58. The van der Waals surface area contributed by atoms with Gasteiger partial charge in [0.2, 0.25) is 0 Å². The maximum atomic E-state index is 13.1. The van der Waals surface area contributed by atoms with E-state index in [1.54, 1.807) is 37.3 Å². The summed E-state index contributed by atoms with van der Waals surface area (Å²) in [5, 5.41) is 18.5. The van der Waals surface area contributed by atoms with Crippen LogP contribution in [-0.4, -0.2) is 24.4 Å². The highest BCUT2D eigenvalue weighted by atomic mass is 19.1. The van der Waals surface area contributed by atoms with Crippen LogP contribution in [0.1, 0.15) is 11.1 Å². The highest BCUT2D eigenvalue weighted by molar-refractivity contribution is 5.34. The van der Waals surface area contributed by atoms with Gasteiger partial charge in [-0.05, 0) is 55.0 Å². The Balaban J connectivity index is 1.78. The van der Waals surface area contributed by atoms with E-state index in [0.29, 0.717) is 22.6 Å². The van der Waals surface area contributed by atoms with Crippen molar-refractivity contribution in [2.24, 2.45) is 0 Å². The Bertz CT molecular complexity index is 665. The highest BCUT2D eigenvalue weighted by Gasteiger charge is 2.08. The molecule has 2 aromatic carbocycles. The minimum absolute atomic E-state index is 0.0430. The molecule has 2 rings (SSSR count). The average Bonchev–Trinajstić information content (AvgIpc) is 2.54. The zero-order chi connectivity index (χ0) is 15.9. The first-order valence-corrected chi connectivity index (χ1v) is 6.78. The molecule has 22 heavy (non-hydrogen) atoms. The molecule has 0 radical (unpaired) electrons. The number of aliphatic hydroxyl groups is 1. The van der Waals surface area contributed by atoms with Crippen molar-refractivity contribution in [3.05, 3.63) is 59.4 Å². The molecule has 1 atom stereocenters. The van der Waals surface area contributed by atoms with Crippen LogP contribution in [0.4, 0.5) is 4.39 Å². The van der Waals surface area contributed by atoms with E-state index in [9.17, 15) is 9.50 Å². The maximum absolute atomic E-state index is 13.1. The first-order valence-electron chi connectivity index (χ1n) is 6.78. The summed E-state index contributed by atoms with van der Waals surface area (Å²) in [7, 11) is 0.